The number of likely N-dealkylation sites (tertiary alicyclic amines) is 1. The molecule has 8 nitrogen and oxygen atoms in total. The fourth-order valence-corrected chi connectivity index (χ4v) is 5.15. The Bertz CT molecular complexity index is 885. The number of esters is 1. The maximum Gasteiger partial charge on any atom is 0.329 e. The topological polar surface area (TPSA) is 96.0 Å². The number of hydrogen-bond donors (Lipinski definition) is 1. The van der Waals surface area contributed by atoms with Crippen molar-refractivity contribution >= 4 is 35.1 Å². The third-order valence-corrected chi connectivity index (χ3v) is 7.12. The summed E-state index contributed by atoms with van der Waals surface area (Å²) in [5.74, 6) is -2.45. The number of benzene rings is 1. The Morgan fingerprint density at radius 1 is 0.909 bits per heavy atom. The first-order valence-corrected chi connectivity index (χ1v) is 12.1. The molecule has 1 saturated carbocycles. The zero-order valence-electron chi connectivity index (χ0n) is 19.4. The van der Waals surface area contributed by atoms with Gasteiger partial charge in [0.2, 0.25) is 11.8 Å². The predicted molar refractivity (Wildman–Crippen MR) is 123 cm³/mol. The summed E-state index contributed by atoms with van der Waals surface area (Å²) >= 11 is 0. The number of nitrogens with one attached hydrogen (secondary N) is 1. The van der Waals surface area contributed by atoms with Crippen LogP contribution in [0.15, 0.2) is 24.3 Å². The van der Waals surface area contributed by atoms with Gasteiger partial charge in [-0.05, 0) is 70.2 Å². The van der Waals surface area contributed by atoms with E-state index in [2.05, 4.69) is 10.2 Å². The van der Waals surface area contributed by atoms with E-state index in [-0.39, 0.29) is 23.7 Å². The van der Waals surface area contributed by atoms with Crippen molar-refractivity contribution in [3.05, 3.63) is 24.3 Å². The van der Waals surface area contributed by atoms with Crippen LogP contribution in [0.4, 0.5) is 11.4 Å². The minimum absolute atomic E-state index is 0.292. The molecule has 0 radical (unpaired) electrons. The molecule has 1 aromatic carbocycles. The van der Waals surface area contributed by atoms with Crippen molar-refractivity contribution in [3.63, 3.8) is 0 Å². The van der Waals surface area contributed by atoms with Crippen molar-refractivity contribution in [3.8, 4) is 0 Å². The van der Waals surface area contributed by atoms with E-state index in [0.717, 1.165) is 36.5 Å². The standard InChI is InChI=1S/C25H33N3O5/c1-16(28-23(30)20-8-4-5-9-21(20)24(28)31)25(32)33-17(2)22(29)26-18-10-12-19(13-11-18)27-14-6-3-7-15-27/h10-13,16-17,20-21H,3-9,14-15H2,1-2H3,(H,26,29). The molecule has 1 aliphatic carbocycles. The van der Waals surface area contributed by atoms with Gasteiger partial charge in [0.05, 0.1) is 11.8 Å². The zero-order chi connectivity index (χ0) is 23.5. The summed E-state index contributed by atoms with van der Waals surface area (Å²) in [6.07, 6.45) is 5.79. The van der Waals surface area contributed by atoms with Gasteiger partial charge in [-0.2, -0.15) is 0 Å². The molecule has 2 heterocycles. The summed E-state index contributed by atoms with van der Waals surface area (Å²) in [4.78, 5) is 54.0. The van der Waals surface area contributed by atoms with Crippen molar-refractivity contribution < 1.29 is 23.9 Å². The van der Waals surface area contributed by atoms with Gasteiger partial charge in [-0.15, -0.1) is 0 Å². The Hall–Kier alpha value is -2.90. The van der Waals surface area contributed by atoms with Crippen LogP contribution in [0.2, 0.25) is 0 Å². The molecule has 0 spiro atoms. The van der Waals surface area contributed by atoms with Crippen molar-refractivity contribution in [2.45, 2.75) is 70.9 Å². The Labute approximate surface area is 194 Å². The first kappa shape index (κ1) is 23.3. The van der Waals surface area contributed by atoms with Crippen LogP contribution in [0.1, 0.15) is 58.8 Å². The van der Waals surface area contributed by atoms with Gasteiger partial charge in [-0.3, -0.25) is 19.3 Å². The maximum absolute atomic E-state index is 12.7. The molecule has 3 aliphatic rings. The minimum atomic E-state index is -1.06. The van der Waals surface area contributed by atoms with Crippen molar-refractivity contribution in [1.29, 1.82) is 0 Å². The zero-order valence-corrected chi connectivity index (χ0v) is 19.4. The maximum atomic E-state index is 12.7. The quantitative estimate of drug-likeness (QED) is 0.523. The second kappa shape index (κ2) is 9.93. The molecule has 0 aromatic heterocycles. The molecule has 2 aliphatic heterocycles. The number of ether oxygens (including phenoxy) is 1. The van der Waals surface area contributed by atoms with E-state index >= 15 is 0 Å². The molecule has 8 heteroatoms. The highest BCUT2D eigenvalue weighted by molar-refractivity contribution is 6.08. The monoisotopic (exact) mass is 455 g/mol. The van der Waals surface area contributed by atoms with E-state index in [1.54, 1.807) is 0 Å². The van der Waals surface area contributed by atoms with E-state index in [9.17, 15) is 19.2 Å². The number of piperidine rings is 1. The van der Waals surface area contributed by atoms with Crippen molar-refractivity contribution in [2.75, 3.05) is 23.3 Å². The molecule has 1 aromatic rings. The average molecular weight is 456 g/mol. The summed E-state index contributed by atoms with van der Waals surface area (Å²) in [7, 11) is 0. The molecule has 4 atom stereocenters. The van der Waals surface area contributed by atoms with Gasteiger partial charge >= 0.3 is 5.97 Å². The first-order valence-electron chi connectivity index (χ1n) is 12.1. The number of amides is 3. The number of fused-ring (bicyclic) bond motifs is 1. The van der Waals surface area contributed by atoms with Gasteiger partial charge in [-0.1, -0.05) is 12.8 Å². The largest absolute Gasteiger partial charge is 0.451 e. The number of anilines is 2. The molecule has 178 valence electrons. The molecular weight excluding hydrogens is 422 g/mol. The normalized spacial score (nSPS) is 24.8. The molecule has 3 amide bonds. The number of carbonyl (C=O) groups is 4. The van der Waals surface area contributed by atoms with Gasteiger partial charge in [0.15, 0.2) is 6.10 Å². The van der Waals surface area contributed by atoms with Crippen LogP contribution in [0.3, 0.4) is 0 Å². The third kappa shape index (κ3) is 4.89. The Morgan fingerprint density at radius 2 is 1.48 bits per heavy atom. The summed E-state index contributed by atoms with van der Waals surface area (Å²) in [5.41, 5.74) is 1.74. The van der Waals surface area contributed by atoms with Crippen molar-refractivity contribution in [1.82, 2.24) is 4.90 Å². The van der Waals surface area contributed by atoms with Crippen LogP contribution in [0, 0.1) is 11.8 Å². The Kier molecular flexibility index (Phi) is 7.00. The molecule has 33 heavy (non-hydrogen) atoms. The summed E-state index contributed by atoms with van der Waals surface area (Å²) in [6.45, 7) is 5.05. The molecular formula is C25H33N3O5. The lowest BCUT2D eigenvalue weighted by molar-refractivity contribution is -0.163. The minimum Gasteiger partial charge on any atom is -0.451 e. The highest BCUT2D eigenvalue weighted by Gasteiger charge is 2.51. The van der Waals surface area contributed by atoms with Crippen LogP contribution in [0.5, 0.6) is 0 Å². The molecule has 4 unspecified atom stereocenters. The van der Waals surface area contributed by atoms with E-state index in [0.29, 0.717) is 18.5 Å². The molecule has 1 N–H and O–H groups in total. The molecule has 4 rings (SSSR count). The second-order valence-corrected chi connectivity index (χ2v) is 9.38. The smallest absolute Gasteiger partial charge is 0.329 e. The lowest BCUT2D eigenvalue weighted by Crippen LogP contribution is -2.46. The number of hydrogen-bond acceptors (Lipinski definition) is 6. The lowest BCUT2D eigenvalue weighted by atomic mass is 9.81. The lowest BCUT2D eigenvalue weighted by Gasteiger charge is -2.28. The summed E-state index contributed by atoms with van der Waals surface area (Å²) in [6, 6.07) is 6.58. The molecule has 0 bridgehead atoms. The Balaban J connectivity index is 1.31. The van der Waals surface area contributed by atoms with Crippen LogP contribution in [-0.2, 0) is 23.9 Å². The van der Waals surface area contributed by atoms with Gasteiger partial charge in [-0.25, -0.2) is 4.79 Å². The second-order valence-electron chi connectivity index (χ2n) is 9.38. The van der Waals surface area contributed by atoms with E-state index in [1.165, 1.54) is 33.1 Å². The van der Waals surface area contributed by atoms with Gasteiger partial charge < -0.3 is 15.0 Å². The van der Waals surface area contributed by atoms with Crippen molar-refractivity contribution in [2.24, 2.45) is 11.8 Å². The average Bonchev–Trinajstić information content (AvgIpc) is 3.09. The Morgan fingerprint density at radius 3 is 2.06 bits per heavy atom. The number of nitrogens with zero attached hydrogens (tertiary/aromatic N) is 2. The fraction of sp³-hybridized carbons (Fsp3) is 0.600. The highest BCUT2D eigenvalue weighted by atomic mass is 16.5. The van der Waals surface area contributed by atoms with Gasteiger partial charge in [0.25, 0.3) is 5.91 Å². The van der Waals surface area contributed by atoms with Gasteiger partial charge in [0, 0.05) is 24.5 Å². The fourth-order valence-electron chi connectivity index (χ4n) is 5.15. The highest BCUT2D eigenvalue weighted by Crippen LogP contribution is 2.39. The summed E-state index contributed by atoms with van der Waals surface area (Å²) < 4.78 is 5.32. The van der Waals surface area contributed by atoms with Crippen LogP contribution in [-0.4, -0.2) is 53.8 Å². The van der Waals surface area contributed by atoms with Gasteiger partial charge in [0.1, 0.15) is 6.04 Å². The van der Waals surface area contributed by atoms with E-state index in [4.69, 9.17) is 4.74 Å². The summed E-state index contributed by atoms with van der Waals surface area (Å²) in [5, 5.41) is 2.76. The SMILES string of the molecule is CC(OC(=O)C(C)N1C(=O)C2CCCCC2C1=O)C(=O)Nc1ccc(N2CCCCC2)cc1. The van der Waals surface area contributed by atoms with E-state index in [1.807, 2.05) is 24.3 Å². The third-order valence-electron chi connectivity index (χ3n) is 7.12. The number of carbonyl (C=O) groups excluding carboxylic acids is 4. The first-order chi connectivity index (χ1) is 15.9. The van der Waals surface area contributed by atoms with Crippen LogP contribution < -0.4 is 10.2 Å². The van der Waals surface area contributed by atoms with Crippen LogP contribution in [0.25, 0.3) is 0 Å². The number of imide groups is 1. The number of rotatable bonds is 6. The molecule has 3 fully saturated rings. The predicted octanol–water partition coefficient (Wildman–Crippen LogP) is 3.11. The van der Waals surface area contributed by atoms with E-state index < -0.39 is 24.0 Å². The van der Waals surface area contributed by atoms with Crippen LogP contribution >= 0.6 is 0 Å². The molecule has 2 saturated heterocycles.